The molecule has 144 valence electrons. The second-order valence-electron chi connectivity index (χ2n) is 8.52. The first-order chi connectivity index (χ1) is 12.1. The number of piperazine rings is 1. The number of carbonyl (C=O) groups excluding carboxylic acids is 2. The van der Waals surface area contributed by atoms with Gasteiger partial charge in [0.25, 0.3) is 5.91 Å². The lowest BCUT2D eigenvalue weighted by Gasteiger charge is -2.36. The van der Waals surface area contributed by atoms with E-state index in [-0.39, 0.29) is 17.2 Å². The molecule has 1 aromatic carbocycles. The molecule has 1 saturated heterocycles. The number of hydrogen-bond acceptors (Lipinski definition) is 3. The smallest absolute Gasteiger partial charge is 0.257 e. The number of methoxy groups -OCH3 is 1. The van der Waals surface area contributed by atoms with Gasteiger partial charge in [-0.2, -0.15) is 0 Å². The molecule has 5 heteroatoms. The summed E-state index contributed by atoms with van der Waals surface area (Å²) in [6, 6.07) is 5.80. The largest absolute Gasteiger partial charge is 0.496 e. The zero-order chi connectivity index (χ0) is 19.5. The highest BCUT2D eigenvalue weighted by Gasteiger charge is 2.28. The Labute approximate surface area is 157 Å². The van der Waals surface area contributed by atoms with Gasteiger partial charge in [0.2, 0.25) is 5.91 Å². The third kappa shape index (κ3) is 4.99. The summed E-state index contributed by atoms with van der Waals surface area (Å²) in [5.41, 5.74) is 1.70. The van der Waals surface area contributed by atoms with Gasteiger partial charge in [0.05, 0.1) is 12.7 Å². The van der Waals surface area contributed by atoms with Crippen molar-refractivity contribution in [1.29, 1.82) is 0 Å². The predicted molar refractivity (Wildman–Crippen MR) is 104 cm³/mol. The normalized spacial score (nSPS) is 15.3. The van der Waals surface area contributed by atoms with Crippen molar-refractivity contribution in [2.24, 2.45) is 5.41 Å². The molecule has 0 radical (unpaired) electrons. The molecule has 26 heavy (non-hydrogen) atoms. The number of amides is 2. The van der Waals surface area contributed by atoms with Crippen molar-refractivity contribution in [3.63, 3.8) is 0 Å². The molecule has 0 aliphatic carbocycles. The summed E-state index contributed by atoms with van der Waals surface area (Å²) >= 11 is 0. The molecule has 1 heterocycles. The maximum atomic E-state index is 13.0. The van der Waals surface area contributed by atoms with Crippen LogP contribution in [0.1, 0.15) is 62.9 Å². The molecule has 1 aliphatic rings. The van der Waals surface area contributed by atoms with Crippen molar-refractivity contribution in [3.8, 4) is 5.75 Å². The van der Waals surface area contributed by atoms with Crippen LogP contribution in [0.2, 0.25) is 0 Å². The lowest BCUT2D eigenvalue weighted by Crippen LogP contribution is -2.51. The average Bonchev–Trinajstić information content (AvgIpc) is 2.59. The highest BCUT2D eigenvalue weighted by molar-refractivity contribution is 5.97. The summed E-state index contributed by atoms with van der Waals surface area (Å²) in [5.74, 6) is 1.10. The molecule has 1 aromatic rings. The molecule has 0 spiro atoms. The van der Waals surface area contributed by atoms with Gasteiger partial charge in [0, 0.05) is 32.6 Å². The number of rotatable bonds is 4. The zero-order valence-electron chi connectivity index (χ0n) is 17.0. The van der Waals surface area contributed by atoms with Crippen molar-refractivity contribution < 1.29 is 14.3 Å². The monoisotopic (exact) mass is 360 g/mol. The third-order valence-electron chi connectivity index (χ3n) is 4.72. The van der Waals surface area contributed by atoms with E-state index in [2.05, 4.69) is 34.6 Å². The van der Waals surface area contributed by atoms with Crippen LogP contribution in [0.15, 0.2) is 18.2 Å². The molecule has 5 nitrogen and oxygen atoms in total. The Kier molecular flexibility index (Phi) is 6.32. The van der Waals surface area contributed by atoms with Crippen molar-refractivity contribution in [2.75, 3.05) is 33.3 Å². The zero-order valence-corrected chi connectivity index (χ0v) is 17.0. The summed E-state index contributed by atoms with van der Waals surface area (Å²) < 4.78 is 5.39. The van der Waals surface area contributed by atoms with Crippen LogP contribution in [0.3, 0.4) is 0 Å². The van der Waals surface area contributed by atoms with Crippen LogP contribution in [0.5, 0.6) is 5.75 Å². The molecule has 0 saturated carbocycles. The summed E-state index contributed by atoms with van der Waals surface area (Å²) in [4.78, 5) is 29.1. The van der Waals surface area contributed by atoms with Crippen LogP contribution < -0.4 is 4.74 Å². The summed E-state index contributed by atoms with van der Waals surface area (Å²) in [7, 11) is 1.59. The Morgan fingerprint density at radius 2 is 1.65 bits per heavy atom. The number of nitrogens with zero attached hydrogens (tertiary/aromatic N) is 2. The molecule has 0 aromatic heterocycles. The number of carbonyl (C=O) groups is 2. The molecular formula is C21H32N2O3. The van der Waals surface area contributed by atoms with E-state index < -0.39 is 0 Å². The highest BCUT2D eigenvalue weighted by atomic mass is 16.5. The van der Waals surface area contributed by atoms with Crippen LogP contribution in [0.4, 0.5) is 0 Å². The van der Waals surface area contributed by atoms with E-state index in [1.54, 1.807) is 7.11 Å². The Morgan fingerprint density at radius 1 is 1.08 bits per heavy atom. The summed E-state index contributed by atoms with van der Waals surface area (Å²) in [6.07, 6.45) is 0.533. The minimum atomic E-state index is -0.0210. The highest BCUT2D eigenvalue weighted by Crippen LogP contribution is 2.26. The average molecular weight is 360 g/mol. The number of benzene rings is 1. The lowest BCUT2D eigenvalue weighted by atomic mass is 9.91. The van der Waals surface area contributed by atoms with Crippen molar-refractivity contribution in [1.82, 2.24) is 9.80 Å². The predicted octanol–water partition coefficient (Wildman–Crippen LogP) is 3.54. The van der Waals surface area contributed by atoms with Crippen LogP contribution in [-0.2, 0) is 4.79 Å². The van der Waals surface area contributed by atoms with Gasteiger partial charge in [0.15, 0.2) is 0 Å². The number of ether oxygens (including phenoxy) is 1. The molecule has 0 unspecified atom stereocenters. The fraction of sp³-hybridized carbons (Fsp3) is 0.619. The third-order valence-corrected chi connectivity index (χ3v) is 4.72. The quantitative estimate of drug-likeness (QED) is 0.825. The molecule has 1 fully saturated rings. The van der Waals surface area contributed by atoms with E-state index >= 15 is 0 Å². The van der Waals surface area contributed by atoms with E-state index in [1.165, 1.54) is 0 Å². The Hall–Kier alpha value is -2.04. The molecule has 1 aliphatic heterocycles. The van der Waals surface area contributed by atoms with Gasteiger partial charge in [-0.05, 0) is 29.0 Å². The fourth-order valence-corrected chi connectivity index (χ4v) is 3.15. The summed E-state index contributed by atoms with van der Waals surface area (Å²) in [6.45, 7) is 12.7. The molecule has 2 amide bonds. The molecule has 0 N–H and O–H groups in total. The topological polar surface area (TPSA) is 49.9 Å². The van der Waals surface area contributed by atoms with Crippen LogP contribution in [0.25, 0.3) is 0 Å². The van der Waals surface area contributed by atoms with E-state index in [0.29, 0.717) is 49.8 Å². The van der Waals surface area contributed by atoms with Crippen LogP contribution in [0, 0.1) is 5.41 Å². The molecule has 0 atom stereocenters. The Morgan fingerprint density at radius 3 is 2.15 bits per heavy atom. The molecule has 2 rings (SSSR count). The lowest BCUT2D eigenvalue weighted by molar-refractivity contribution is -0.134. The minimum absolute atomic E-state index is 0.0192. The van der Waals surface area contributed by atoms with Gasteiger partial charge in [-0.3, -0.25) is 9.59 Å². The summed E-state index contributed by atoms with van der Waals surface area (Å²) in [5, 5.41) is 0. The van der Waals surface area contributed by atoms with Gasteiger partial charge in [-0.1, -0.05) is 40.7 Å². The fourth-order valence-electron chi connectivity index (χ4n) is 3.15. The van der Waals surface area contributed by atoms with E-state index in [9.17, 15) is 9.59 Å². The first-order valence-corrected chi connectivity index (χ1v) is 9.37. The maximum absolute atomic E-state index is 13.0. The minimum Gasteiger partial charge on any atom is -0.496 e. The van der Waals surface area contributed by atoms with Gasteiger partial charge >= 0.3 is 0 Å². The van der Waals surface area contributed by atoms with Gasteiger partial charge in [0.1, 0.15) is 5.75 Å². The van der Waals surface area contributed by atoms with Crippen molar-refractivity contribution >= 4 is 11.8 Å². The first-order valence-electron chi connectivity index (χ1n) is 9.37. The van der Waals surface area contributed by atoms with Crippen LogP contribution >= 0.6 is 0 Å². The van der Waals surface area contributed by atoms with E-state index in [0.717, 1.165) is 5.56 Å². The number of hydrogen-bond donors (Lipinski definition) is 0. The molecule has 0 bridgehead atoms. The van der Waals surface area contributed by atoms with Gasteiger partial charge < -0.3 is 14.5 Å². The van der Waals surface area contributed by atoms with E-state index in [1.807, 2.05) is 28.0 Å². The molecular weight excluding hydrogens is 328 g/mol. The van der Waals surface area contributed by atoms with E-state index in [4.69, 9.17) is 4.74 Å². The van der Waals surface area contributed by atoms with Crippen molar-refractivity contribution in [2.45, 2.75) is 47.0 Å². The second-order valence-corrected chi connectivity index (χ2v) is 8.52. The Bertz CT molecular complexity index is 654. The first kappa shape index (κ1) is 20.3. The Balaban J connectivity index is 2.06. The standard InChI is InChI=1S/C21H32N2O3/c1-15(2)16-7-8-18(26-6)17(13-16)20(25)23-11-9-22(10-12-23)19(24)14-21(3,4)5/h7-8,13,15H,9-12,14H2,1-6H3. The van der Waals surface area contributed by atoms with Gasteiger partial charge in [-0.15, -0.1) is 0 Å². The SMILES string of the molecule is COc1ccc(C(C)C)cc1C(=O)N1CCN(C(=O)CC(C)(C)C)CC1. The van der Waals surface area contributed by atoms with Crippen LogP contribution in [-0.4, -0.2) is 54.9 Å². The maximum Gasteiger partial charge on any atom is 0.257 e. The van der Waals surface area contributed by atoms with Gasteiger partial charge in [-0.25, -0.2) is 0 Å². The second kappa shape index (κ2) is 8.11. The van der Waals surface area contributed by atoms with Crippen molar-refractivity contribution in [3.05, 3.63) is 29.3 Å².